The molecule has 132 valence electrons. The molecule has 2 atom stereocenters. The Morgan fingerprint density at radius 2 is 2.08 bits per heavy atom. The Kier molecular flexibility index (Phi) is 6.10. The number of morpholine rings is 1. The van der Waals surface area contributed by atoms with Crippen LogP contribution in [0, 0.1) is 0 Å². The van der Waals surface area contributed by atoms with Gasteiger partial charge < -0.3 is 19.9 Å². The summed E-state index contributed by atoms with van der Waals surface area (Å²) in [5.41, 5.74) is 1.44. The zero-order valence-corrected chi connectivity index (χ0v) is 14.9. The largest absolute Gasteiger partial charge is 0.374 e. The molecule has 2 fully saturated rings. The minimum atomic E-state index is 0.213. The van der Waals surface area contributed by atoms with Crippen LogP contribution in [0.3, 0.4) is 0 Å². The Morgan fingerprint density at radius 1 is 1.25 bits per heavy atom. The minimum Gasteiger partial charge on any atom is -0.374 e. The molecule has 0 amide bonds. The van der Waals surface area contributed by atoms with Gasteiger partial charge in [0.1, 0.15) is 0 Å². The van der Waals surface area contributed by atoms with Gasteiger partial charge in [0.05, 0.1) is 19.3 Å². The molecule has 0 radical (unpaired) electrons. The van der Waals surface area contributed by atoms with E-state index in [2.05, 4.69) is 59.4 Å². The number of nitrogens with zero attached hydrogens (tertiary/aromatic N) is 3. The quantitative estimate of drug-likeness (QED) is 0.675. The number of aliphatic imine (C=N–C) groups is 1. The molecule has 0 saturated carbocycles. The van der Waals surface area contributed by atoms with E-state index in [1.165, 1.54) is 12.0 Å². The third-order valence-corrected chi connectivity index (χ3v) is 4.88. The van der Waals surface area contributed by atoms with Crippen LogP contribution in [-0.4, -0.2) is 74.8 Å². The average Bonchev–Trinajstić information content (AvgIpc) is 3.09. The van der Waals surface area contributed by atoms with E-state index in [1.54, 1.807) is 0 Å². The third kappa shape index (κ3) is 4.48. The molecule has 5 heteroatoms. The summed E-state index contributed by atoms with van der Waals surface area (Å²) in [6.07, 6.45) is 1.40. The molecule has 24 heavy (non-hydrogen) atoms. The van der Waals surface area contributed by atoms with Crippen LogP contribution in [0.15, 0.2) is 35.3 Å². The summed E-state index contributed by atoms with van der Waals surface area (Å²) in [6, 6.07) is 10.8. The molecule has 3 rings (SSSR count). The maximum Gasteiger partial charge on any atom is 0.194 e. The van der Waals surface area contributed by atoms with Gasteiger partial charge in [-0.3, -0.25) is 4.99 Å². The predicted molar refractivity (Wildman–Crippen MR) is 98.6 cm³/mol. The normalized spacial score (nSPS) is 25.9. The van der Waals surface area contributed by atoms with Crippen molar-refractivity contribution >= 4 is 5.96 Å². The summed E-state index contributed by atoms with van der Waals surface area (Å²) in [7, 11) is 2.15. The summed E-state index contributed by atoms with van der Waals surface area (Å²) < 4.78 is 5.83. The Hall–Kier alpha value is -1.59. The predicted octanol–water partition coefficient (Wildman–Crippen LogP) is 1.77. The summed E-state index contributed by atoms with van der Waals surface area (Å²) in [4.78, 5) is 9.58. The zero-order valence-electron chi connectivity index (χ0n) is 14.9. The van der Waals surface area contributed by atoms with E-state index in [4.69, 9.17) is 9.73 Å². The molecule has 2 saturated heterocycles. The standard InChI is InChI=1S/C19H30N4O/c1-3-20-19(21-13-18-15-22(2)11-12-24-18)23-10-9-17(14-23)16-7-5-4-6-8-16/h4-8,17-18H,3,9-15H2,1-2H3,(H,20,21). The summed E-state index contributed by atoms with van der Waals surface area (Å²) in [5, 5.41) is 3.45. The van der Waals surface area contributed by atoms with Crippen molar-refractivity contribution in [3.63, 3.8) is 0 Å². The van der Waals surface area contributed by atoms with Crippen LogP contribution in [0.1, 0.15) is 24.8 Å². The molecular weight excluding hydrogens is 300 g/mol. The van der Waals surface area contributed by atoms with E-state index < -0.39 is 0 Å². The van der Waals surface area contributed by atoms with Crippen LogP contribution in [0.5, 0.6) is 0 Å². The van der Waals surface area contributed by atoms with Gasteiger partial charge in [0, 0.05) is 38.6 Å². The summed E-state index contributed by atoms with van der Waals surface area (Å²) in [5.74, 6) is 1.64. The first kappa shape index (κ1) is 17.2. The number of likely N-dealkylation sites (N-methyl/N-ethyl adjacent to an activating group) is 1. The van der Waals surface area contributed by atoms with Crippen LogP contribution in [0.4, 0.5) is 0 Å². The monoisotopic (exact) mass is 330 g/mol. The molecular formula is C19H30N4O. The molecule has 0 spiro atoms. The van der Waals surface area contributed by atoms with E-state index >= 15 is 0 Å². The van der Waals surface area contributed by atoms with Gasteiger partial charge in [0.25, 0.3) is 0 Å². The highest BCUT2D eigenvalue weighted by atomic mass is 16.5. The van der Waals surface area contributed by atoms with Gasteiger partial charge in [-0.2, -0.15) is 0 Å². The number of likely N-dealkylation sites (tertiary alicyclic amines) is 1. The number of rotatable bonds is 4. The number of ether oxygens (including phenoxy) is 1. The smallest absolute Gasteiger partial charge is 0.194 e. The van der Waals surface area contributed by atoms with Gasteiger partial charge in [-0.05, 0) is 26.0 Å². The Labute approximate surface area is 145 Å². The van der Waals surface area contributed by atoms with Crippen LogP contribution in [-0.2, 0) is 4.74 Å². The molecule has 0 aromatic heterocycles. The highest BCUT2D eigenvalue weighted by Gasteiger charge is 2.26. The van der Waals surface area contributed by atoms with E-state index in [9.17, 15) is 0 Å². The summed E-state index contributed by atoms with van der Waals surface area (Å²) >= 11 is 0. The van der Waals surface area contributed by atoms with Gasteiger partial charge >= 0.3 is 0 Å². The average molecular weight is 330 g/mol. The number of nitrogens with one attached hydrogen (secondary N) is 1. The van der Waals surface area contributed by atoms with Gasteiger partial charge in [-0.15, -0.1) is 0 Å². The number of benzene rings is 1. The maximum absolute atomic E-state index is 5.83. The second kappa shape index (κ2) is 8.49. The molecule has 2 heterocycles. The van der Waals surface area contributed by atoms with Crippen molar-refractivity contribution in [2.24, 2.45) is 4.99 Å². The molecule has 2 aliphatic heterocycles. The first-order chi connectivity index (χ1) is 11.8. The zero-order chi connectivity index (χ0) is 16.8. The number of guanidine groups is 1. The van der Waals surface area contributed by atoms with E-state index in [0.717, 1.165) is 51.8 Å². The second-order valence-electron chi connectivity index (χ2n) is 6.79. The Bertz CT molecular complexity index is 533. The molecule has 2 aliphatic rings. The molecule has 0 bridgehead atoms. The van der Waals surface area contributed by atoms with Crippen molar-refractivity contribution in [2.45, 2.75) is 25.4 Å². The van der Waals surface area contributed by atoms with Crippen LogP contribution in [0.2, 0.25) is 0 Å². The van der Waals surface area contributed by atoms with Crippen molar-refractivity contribution in [2.75, 3.05) is 52.9 Å². The van der Waals surface area contributed by atoms with Gasteiger partial charge in [-0.1, -0.05) is 30.3 Å². The molecule has 1 aromatic carbocycles. The molecule has 1 aromatic rings. The van der Waals surface area contributed by atoms with E-state index in [-0.39, 0.29) is 6.10 Å². The van der Waals surface area contributed by atoms with Crippen molar-refractivity contribution in [3.05, 3.63) is 35.9 Å². The third-order valence-electron chi connectivity index (χ3n) is 4.88. The summed E-state index contributed by atoms with van der Waals surface area (Å²) in [6.45, 7) is 8.67. The van der Waals surface area contributed by atoms with Crippen molar-refractivity contribution in [1.29, 1.82) is 0 Å². The van der Waals surface area contributed by atoms with Crippen LogP contribution < -0.4 is 5.32 Å². The van der Waals surface area contributed by atoms with Crippen LogP contribution in [0.25, 0.3) is 0 Å². The fourth-order valence-electron chi connectivity index (χ4n) is 3.54. The fraction of sp³-hybridized carbons (Fsp3) is 0.632. The Balaban J connectivity index is 1.60. The van der Waals surface area contributed by atoms with Crippen molar-refractivity contribution in [1.82, 2.24) is 15.1 Å². The second-order valence-corrected chi connectivity index (χ2v) is 6.79. The lowest BCUT2D eigenvalue weighted by Gasteiger charge is -2.29. The van der Waals surface area contributed by atoms with Crippen molar-refractivity contribution in [3.8, 4) is 0 Å². The fourth-order valence-corrected chi connectivity index (χ4v) is 3.54. The molecule has 5 nitrogen and oxygen atoms in total. The number of hydrogen-bond acceptors (Lipinski definition) is 3. The minimum absolute atomic E-state index is 0.213. The molecule has 2 unspecified atom stereocenters. The van der Waals surface area contributed by atoms with Gasteiger partial charge in [-0.25, -0.2) is 0 Å². The highest BCUT2D eigenvalue weighted by molar-refractivity contribution is 5.80. The Morgan fingerprint density at radius 3 is 2.83 bits per heavy atom. The first-order valence-electron chi connectivity index (χ1n) is 9.14. The van der Waals surface area contributed by atoms with Gasteiger partial charge in [0.2, 0.25) is 0 Å². The molecule has 0 aliphatic carbocycles. The van der Waals surface area contributed by atoms with E-state index in [1.807, 2.05) is 0 Å². The number of hydrogen-bond donors (Lipinski definition) is 1. The lowest BCUT2D eigenvalue weighted by Crippen LogP contribution is -2.43. The lowest BCUT2D eigenvalue weighted by atomic mass is 9.99. The first-order valence-corrected chi connectivity index (χ1v) is 9.14. The van der Waals surface area contributed by atoms with E-state index in [0.29, 0.717) is 5.92 Å². The van der Waals surface area contributed by atoms with Crippen molar-refractivity contribution < 1.29 is 4.74 Å². The molecule has 1 N–H and O–H groups in total. The van der Waals surface area contributed by atoms with Crippen LogP contribution >= 0.6 is 0 Å². The SMILES string of the molecule is CCNC(=NCC1CN(C)CCO1)N1CCC(c2ccccc2)C1. The highest BCUT2D eigenvalue weighted by Crippen LogP contribution is 2.26. The lowest BCUT2D eigenvalue weighted by molar-refractivity contribution is -0.0137. The van der Waals surface area contributed by atoms with Gasteiger partial charge in [0.15, 0.2) is 5.96 Å². The maximum atomic E-state index is 5.83. The topological polar surface area (TPSA) is 40.1 Å².